The van der Waals surface area contributed by atoms with E-state index in [1.165, 1.54) is 19.3 Å². The fourth-order valence-corrected chi connectivity index (χ4v) is 2.52. The molecule has 0 spiro atoms. The maximum absolute atomic E-state index is 5.86. The van der Waals surface area contributed by atoms with Crippen LogP contribution in [-0.2, 0) is 0 Å². The van der Waals surface area contributed by atoms with Gasteiger partial charge in [-0.05, 0) is 48.2 Å². The number of halogens is 1. The van der Waals surface area contributed by atoms with Crippen molar-refractivity contribution in [3.63, 3.8) is 0 Å². The topological polar surface area (TPSA) is 42.2 Å². The molecular formula is C11H16BrN3. The first-order chi connectivity index (χ1) is 7.20. The van der Waals surface area contributed by atoms with E-state index in [1.54, 1.807) is 6.20 Å². The molecule has 0 aromatic carbocycles. The first-order valence-corrected chi connectivity index (χ1v) is 6.16. The van der Waals surface area contributed by atoms with Gasteiger partial charge in [0.15, 0.2) is 0 Å². The van der Waals surface area contributed by atoms with Crippen LogP contribution in [0.15, 0.2) is 16.7 Å². The van der Waals surface area contributed by atoms with E-state index in [0.29, 0.717) is 6.04 Å². The normalized spacial score (nSPS) is 21.7. The van der Waals surface area contributed by atoms with E-state index in [0.717, 1.165) is 22.5 Å². The monoisotopic (exact) mass is 269 g/mol. The predicted octanol–water partition coefficient (Wildman–Crippen LogP) is 2.81. The van der Waals surface area contributed by atoms with Gasteiger partial charge in [-0.25, -0.2) is 4.98 Å². The number of aromatic nitrogens is 1. The number of hydrogen-bond donors (Lipinski definition) is 1. The van der Waals surface area contributed by atoms with Gasteiger partial charge in [0, 0.05) is 18.8 Å². The zero-order valence-corrected chi connectivity index (χ0v) is 10.5. The third kappa shape index (κ3) is 2.09. The maximum atomic E-state index is 5.86. The lowest BCUT2D eigenvalue weighted by molar-refractivity contribution is 0.481. The molecule has 0 saturated carbocycles. The van der Waals surface area contributed by atoms with Crippen LogP contribution >= 0.6 is 15.9 Å². The lowest BCUT2D eigenvalue weighted by Crippen LogP contribution is -2.38. The number of nitrogens with two attached hydrogens (primary N) is 1. The third-order valence-corrected chi connectivity index (χ3v) is 3.79. The Kier molecular flexibility index (Phi) is 3.14. The molecule has 0 amide bonds. The van der Waals surface area contributed by atoms with Gasteiger partial charge in [-0.15, -0.1) is 0 Å². The summed E-state index contributed by atoms with van der Waals surface area (Å²) in [5.41, 5.74) is 6.62. The fraction of sp³-hybridized carbons (Fsp3) is 0.545. The Hall–Kier alpha value is -0.770. The van der Waals surface area contributed by atoms with Crippen molar-refractivity contribution >= 4 is 27.4 Å². The summed E-state index contributed by atoms with van der Waals surface area (Å²) in [4.78, 5) is 6.75. The van der Waals surface area contributed by atoms with E-state index in [4.69, 9.17) is 5.73 Å². The smallest absolute Gasteiger partial charge is 0.145 e. The zero-order chi connectivity index (χ0) is 10.8. The molecule has 1 saturated heterocycles. The second-order valence-corrected chi connectivity index (χ2v) is 4.87. The largest absolute Gasteiger partial charge is 0.398 e. The molecular weight excluding hydrogens is 254 g/mol. The molecule has 2 N–H and O–H groups in total. The minimum absolute atomic E-state index is 0.560. The molecule has 15 heavy (non-hydrogen) atoms. The van der Waals surface area contributed by atoms with Crippen molar-refractivity contribution in [3.8, 4) is 0 Å². The number of piperidine rings is 1. The molecule has 0 radical (unpaired) electrons. The Morgan fingerprint density at radius 2 is 2.33 bits per heavy atom. The summed E-state index contributed by atoms with van der Waals surface area (Å²) in [7, 11) is 0. The molecule has 2 rings (SSSR count). The second kappa shape index (κ2) is 4.39. The van der Waals surface area contributed by atoms with Crippen LogP contribution in [0, 0.1) is 0 Å². The van der Waals surface area contributed by atoms with Gasteiger partial charge in [0.25, 0.3) is 0 Å². The molecule has 4 heteroatoms. The van der Waals surface area contributed by atoms with E-state index in [1.807, 2.05) is 6.07 Å². The van der Waals surface area contributed by atoms with E-state index in [2.05, 4.69) is 32.7 Å². The molecule has 82 valence electrons. The SMILES string of the molecule is CC1CCCCN1c1nccc(N)c1Br. The van der Waals surface area contributed by atoms with Gasteiger partial charge < -0.3 is 10.6 Å². The van der Waals surface area contributed by atoms with Crippen molar-refractivity contribution in [1.82, 2.24) is 4.98 Å². The average Bonchev–Trinajstić information content (AvgIpc) is 2.23. The van der Waals surface area contributed by atoms with E-state index in [-0.39, 0.29) is 0 Å². The lowest BCUT2D eigenvalue weighted by atomic mass is 10.0. The van der Waals surface area contributed by atoms with Crippen LogP contribution in [0.4, 0.5) is 11.5 Å². The summed E-state index contributed by atoms with van der Waals surface area (Å²) in [6.07, 6.45) is 5.57. The van der Waals surface area contributed by atoms with Gasteiger partial charge in [0.05, 0.1) is 10.2 Å². The summed E-state index contributed by atoms with van der Waals surface area (Å²) >= 11 is 3.51. The van der Waals surface area contributed by atoms with Crippen molar-refractivity contribution in [2.24, 2.45) is 0 Å². The van der Waals surface area contributed by atoms with Gasteiger partial charge in [-0.2, -0.15) is 0 Å². The molecule has 1 unspecified atom stereocenters. The molecule has 1 atom stereocenters. The number of hydrogen-bond acceptors (Lipinski definition) is 3. The number of nitrogen functional groups attached to an aromatic ring is 1. The number of rotatable bonds is 1. The fourth-order valence-electron chi connectivity index (χ4n) is 2.06. The predicted molar refractivity (Wildman–Crippen MR) is 67.0 cm³/mol. The van der Waals surface area contributed by atoms with Crippen LogP contribution in [0.3, 0.4) is 0 Å². The standard InChI is InChI=1S/C11H16BrN3/c1-8-4-2-3-7-15(8)11-10(12)9(13)5-6-14-11/h5-6,8H,2-4,7H2,1H3,(H2,13,14). The van der Waals surface area contributed by atoms with Crippen LogP contribution < -0.4 is 10.6 Å². The third-order valence-electron chi connectivity index (χ3n) is 2.98. The van der Waals surface area contributed by atoms with Crippen LogP contribution in [0.1, 0.15) is 26.2 Å². The first-order valence-electron chi connectivity index (χ1n) is 5.37. The van der Waals surface area contributed by atoms with Crippen molar-refractivity contribution < 1.29 is 0 Å². The Morgan fingerprint density at radius 1 is 1.53 bits per heavy atom. The van der Waals surface area contributed by atoms with Crippen molar-refractivity contribution in [2.45, 2.75) is 32.2 Å². The van der Waals surface area contributed by atoms with Gasteiger partial charge >= 0.3 is 0 Å². The Balaban J connectivity index is 2.31. The Morgan fingerprint density at radius 3 is 3.07 bits per heavy atom. The van der Waals surface area contributed by atoms with Gasteiger partial charge in [-0.1, -0.05) is 0 Å². The average molecular weight is 270 g/mol. The number of pyridine rings is 1. The second-order valence-electron chi connectivity index (χ2n) is 4.08. The summed E-state index contributed by atoms with van der Waals surface area (Å²) in [5, 5.41) is 0. The molecule has 0 bridgehead atoms. The van der Waals surface area contributed by atoms with Crippen LogP contribution in [0.5, 0.6) is 0 Å². The molecule has 3 nitrogen and oxygen atoms in total. The highest BCUT2D eigenvalue weighted by atomic mass is 79.9. The first kappa shape index (κ1) is 10.7. The van der Waals surface area contributed by atoms with E-state index >= 15 is 0 Å². The Bertz CT molecular complexity index is 354. The van der Waals surface area contributed by atoms with Crippen molar-refractivity contribution in [1.29, 1.82) is 0 Å². The molecule has 1 aromatic rings. The van der Waals surface area contributed by atoms with E-state index in [9.17, 15) is 0 Å². The summed E-state index contributed by atoms with van der Waals surface area (Å²) in [6, 6.07) is 2.38. The molecule has 1 aromatic heterocycles. The van der Waals surface area contributed by atoms with Crippen LogP contribution in [0.2, 0.25) is 0 Å². The van der Waals surface area contributed by atoms with E-state index < -0.39 is 0 Å². The van der Waals surface area contributed by atoms with Crippen molar-refractivity contribution in [2.75, 3.05) is 17.2 Å². The highest BCUT2D eigenvalue weighted by molar-refractivity contribution is 9.10. The molecule has 2 heterocycles. The minimum Gasteiger partial charge on any atom is -0.398 e. The maximum Gasteiger partial charge on any atom is 0.145 e. The summed E-state index contributed by atoms with van der Waals surface area (Å²) in [6.45, 7) is 3.33. The van der Waals surface area contributed by atoms with Gasteiger partial charge in [0.1, 0.15) is 5.82 Å². The van der Waals surface area contributed by atoms with Crippen LogP contribution in [-0.4, -0.2) is 17.6 Å². The van der Waals surface area contributed by atoms with Crippen LogP contribution in [0.25, 0.3) is 0 Å². The zero-order valence-electron chi connectivity index (χ0n) is 8.91. The lowest BCUT2D eigenvalue weighted by Gasteiger charge is -2.35. The molecule has 1 aliphatic rings. The molecule has 0 aliphatic carbocycles. The van der Waals surface area contributed by atoms with Gasteiger partial charge in [-0.3, -0.25) is 0 Å². The molecule has 1 aliphatic heterocycles. The van der Waals surface area contributed by atoms with Crippen molar-refractivity contribution in [3.05, 3.63) is 16.7 Å². The Labute approximate surface area is 98.8 Å². The van der Waals surface area contributed by atoms with Gasteiger partial charge in [0.2, 0.25) is 0 Å². The number of anilines is 2. The summed E-state index contributed by atoms with van der Waals surface area (Å²) < 4.78 is 0.929. The highest BCUT2D eigenvalue weighted by Gasteiger charge is 2.21. The molecule has 1 fully saturated rings. The highest BCUT2D eigenvalue weighted by Crippen LogP contribution is 2.32. The minimum atomic E-state index is 0.560. The number of nitrogens with zero attached hydrogens (tertiary/aromatic N) is 2. The summed E-state index contributed by atoms with van der Waals surface area (Å²) in [5.74, 6) is 0.988. The quantitative estimate of drug-likeness (QED) is 0.853.